The van der Waals surface area contributed by atoms with E-state index in [4.69, 9.17) is 9.47 Å². The molecule has 4 nitrogen and oxygen atoms in total. The number of amides is 1. The molecule has 34 heavy (non-hydrogen) atoms. The van der Waals surface area contributed by atoms with Gasteiger partial charge in [-0.1, -0.05) is 35.9 Å². The predicted octanol–water partition coefficient (Wildman–Crippen LogP) is 7.09. The van der Waals surface area contributed by atoms with Gasteiger partial charge in [-0.25, -0.2) is 0 Å². The second-order valence-corrected chi connectivity index (χ2v) is 8.97. The van der Waals surface area contributed by atoms with Gasteiger partial charge >= 0.3 is 6.18 Å². The quantitative estimate of drug-likeness (QED) is 0.251. The van der Waals surface area contributed by atoms with Crippen LogP contribution in [-0.4, -0.2) is 12.5 Å². The Morgan fingerprint density at radius 2 is 1.76 bits per heavy atom. The molecule has 0 saturated heterocycles. The molecule has 1 aliphatic heterocycles. The molecule has 0 radical (unpaired) electrons. The highest BCUT2D eigenvalue weighted by Crippen LogP contribution is 2.40. The summed E-state index contributed by atoms with van der Waals surface area (Å²) >= 11 is 2.14. The molecular formula is C26H21F3INO3. The Bertz CT molecular complexity index is 1270. The standard InChI is InChI=1S/C26H21F3INO3/c1-3-33-23-12-17(11-21(30)24(23)34-14-16-6-4-15(2)5-7-16)10-20-19-9-8-18(26(27,28)29)13-22(19)31-25(20)32/h4-13H,3,14H2,1-2H3,(H,31,32)/b20-10-. The lowest BCUT2D eigenvalue weighted by molar-refractivity contribution is -0.137. The van der Waals surface area contributed by atoms with Gasteiger partial charge in [0, 0.05) is 16.8 Å². The van der Waals surface area contributed by atoms with Crippen molar-refractivity contribution in [2.75, 3.05) is 11.9 Å². The van der Waals surface area contributed by atoms with E-state index in [-0.39, 0.29) is 11.3 Å². The Kier molecular flexibility index (Phi) is 6.88. The highest BCUT2D eigenvalue weighted by atomic mass is 127. The van der Waals surface area contributed by atoms with E-state index in [1.54, 1.807) is 12.1 Å². The van der Waals surface area contributed by atoms with Crippen LogP contribution in [0.15, 0.2) is 54.6 Å². The number of anilines is 1. The molecule has 0 fully saturated rings. The fourth-order valence-electron chi connectivity index (χ4n) is 3.59. The summed E-state index contributed by atoms with van der Waals surface area (Å²) in [5.41, 5.74) is 2.90. The van der Waals surface area contributed by atoms with Crippen molar-refractivity contribution >= 4 is 45.8 Å². The second kappa shape index (κ2) is 9.69. The van der Waals surface area contributed by atoms with Gasteiger partial charge in [-0.2, -0.15) is 13.2 Å². The minimum atomic E-state index is -4.48. The van der Waals surface area contributed by atoms with E-state index in [0.717, 1.165) is 26.8 Å². The van der Waals surface area contributed by atoms with Gasteiger partial charge in [0.2, 0.25) is 0 Å². The third-order valence-corrected chi connectivity index (χ3v) is 6.08. The van der Waals surface area contributed by atoms with Gasteiger partial charge in [0.1, 0.15) is 6.61 Å². The lowest BCUT2D eigenvalue weighted by atomic mass is 10.0. The molecule has 1 amide bonds. The summed E-state index contributed by atoms with van der Waals surface area (Å²) in [5, 5.41) is 2.52. The van der Waals surface area contributed by atoms with Crippen LogP contribution in [0.4, 0.5) is 18.9 Å². The number of benzene rings is 3. The average molecular weight is 579 g/mol. The van der Waals surface area contributed by atoms with Crippen LogP contribution in [0.2, 0.25) is 0 Å². The molecule has 176 valence electrons. The van der Waals surface area contributed by atoms with Gasteiger partial charge in [0.15, 0.2) is 11.5 Å². The van der Waals surface area contributed by atoms with Gasteiger partial charge in [-0.3, -0.25) is 4.79 Å². The Morgan fingerprint density at radius 3 is 2.44 bits per heavy atom. The van der Waals surface area contributed by atoms with E-state index >= 15 is 0 Å². The number of hydrogen-bond acceptors (Lipinski definition) is 3. The molecule has 3 aromatic rings. The van der Waals surface area contributed by atoms with Crippen LogP contribution in [0.5, 0.6) is 11.5 Å². The Balaban J connectivity index is 1.65. The first-order valence-electron chi connectivity index (χ1n) is 10.5. The number of hydrogen-bond donors (Lipinski definition) is 1. The summed E-state index contributed by atoms with van der Waals surface area (Å²) in [6, 6.07) is 14.9. The molecule has 8 heteroatoms. The minimum absolute atomic E-state index is 0.142. The number of carbonyl (C=O) groups excluding carboxylic acids is 1. The van der Waals surface area contributed by atoms with E-state index in [1.807, 2.05) is 44.2 Å². The van der Waals surface area contributed by atoms with Crippen LogP contribution in [0, 0.1) is 10.5 Å². The number of ether oxygens (including phenoxy) is 2. The van der Waals surface area contributed by atoms with Crippen LogP contribution in [0.25, 0.3) is 11.6 Å². The monoisotopic (exact) mass is 579 g/mol. The molecule has 1 aliphatic rings. The number of fused-ring (bicyclic) bond motifs is 1. The molecule has 1 heterocycles. The number of aryl methyl sites for hydroxylation is 1. The van der Waals surface area contributed by atoms with Crippen molar-refractivity contribution in [3.63, 3.8) is 0 Å². The average Bonchev–Trinajstić information content (AvgIpc) is 3.08. The molecule has 0 saturated carbocycles. The Morgan fingerprint density at radius 1 is 1.03 bits per heavy atom. The fraction of sp³-hybridized carbons (Fsp3) is 0.192. The van der Waals surface area contributed by atoms with Crippen LogP contribution in [-0.2, 0) is 17.6 Å². The van der Waals surface area contributed by atoms with Crippen molar-refractivity contribution in [2.24, 2.45) is 0 Å². The topological polar surface area (TPSA) is 47.6 Å². The van der Waals surface area contributed by atoms with E-state index in [2.05, 4.69) is 27.9 Å². The summed E-state index contributed by atoms with van der Waals surface area (Å²) in [4.78, 5) is 12.5. The predicted molar refractivity (Wildman–Crippen MR) is 134 cm³/mol. The SMILES string of the molecule is CCOc1cc(/C=C2\C(=O)Nc3cc(C(F)(F)F)ccc32)cc(I)c1OCc1ccc(C)cc1. The third-order valence-electron chi connectivity index (χ3n) is 5.28. The lowest BCUT2D eigenvalue weighted by Gasteiger charge is -2.15. The first-order valence-corrected chi connectivity index (χ1v) is 11.6. The van der Waals surface area contributed by atoms with Gasteiger partial charge in [0.25, 0.3) is 5.91 Å². The molecule has 0 unspecified atom stereocenters. The van der Waals surface area contributed by atoms with Crippen LogP contribution in [0.1, 0.15) is 34.7 Å². The summed E-state index contributed by atoms with van der Waals surface area (Å²) in [5.74, 6) is 0.665. The number of rotatable bonds is 6. The number of halogens is 4. The number of nitrogens with one attached hydrogen (secondary N) is 1. The van der Waals surface area contributed by atoms with Crippen molar-refractivity contribution in [2.45, 2.75) is 26.6 Å². The zero-order valence-corrected chi connectivity index (χ0v) is 20.6. The molecule has 0 aromatic heterocycles. The number of carbonyl (C=O) groups is 1. The van der Waals surface area contributed by atoms with Crippen molar-refractivity contribution in [1.82, 2.24) is 0 Å². The fourth-order valence-corrected chi connectivity index (χ4v) is 4.38. The van der Waals surface area contributed by atoms with E-state index in [9.17, 15) is 18.0 Å². The summed E-state index contributed by atoms with van der Waals surface area (Å²) in [6.07, 6.45) is -2.84. The Hall–Kier alpha value is -3.01. The van der Waals surface area contributed by atoms with Crippen LogP contribution >= 0.6 is 22.6 Å². The molecule has 3 aromatic carbocycles. The molecule has 0 spiro atoms. The maximum absolute atomic E-state index is 13.0. The summed E-state index contributed by atoms with van der Waals surface area (Å²) in [6.45, 7) is 4.67. The maximum Gasteiger partial charge on any atom is 0.416 e. The van der Waals surface area contributed by atoms with Gasteiger partial charge in [-0.15, -0.1) is 0 Å². The first-order chi connectivity index (χ1) is 16.2. The molecule has 0 atom stereocenters. The zero-order valence-electron chi connectivity index (χ0n) is 18.4. The first kappa shape index (κ1) is 24.1. The molecular weight excluding hydrogens is 558 g/mol. The molecule has 1 N–H and O–H groups in total. The Labute approximate surface area is 208 Å². The molecule has 0 bridgehead atoms. The largest absolute Gasteiger partial charge is 0.490 e. The highest BCUT2D eigenvalue weighted by molar-refractivity contribution is 14.1. The van der Waals surface area contributed by atoms with Gasteiger partial charge in [0.05, 0.1) is 15.7 Å². The van der Waals surface area contributed by atoms with Gasteiger partial charge in [-0.05, 0) is 77.9 Å². The normalized spacial score (nSPS) is 14.2. The minimum Gasteiger partial charge on any atom is -0.490 e. The van der Waals surface area contributed by atoms with Gasteiger partial charge < -0.3 is 14.8 Å². The van der Waals surface area contributed by atoms with Crippen molar-refractivity contribution in [1.29, 1.82) is 0 Å². The van der Waals surface area contributed by atoms with Crippen molar-refractivity contribution in [3.8, 4) is 11.5 Å². The second-order valence-electron chi connectivity index (χ2n) is 7.81. The van der Waals surface area contributed by atoms with Crippen molar-refractivity contribution < 1.29 is 27.4 Å². The summed E-state index contributed by atoms with van der Waals surface area (Å²) < 4.78 is 51.7. The van der Waals surface area contributed by atoms with E-state index in [0.29, 0.717) is 35.8 Å². The molecule has 0 aliphatic carbocycles. The highest BCUT2D eigenvalue weighted by Gasteiger charge is 2.33. The van der Waals surface area contributed by atoms with Crippen LogP contribution in [0.3, 0.4) is 0 Å². The zero-order chi connectivity index (χ0) is 24.5. The lowest BCUT2D eigenvalue weighted by Crippen LogP contribution is -2.06. The third kappa shape index (κ3) is 5.22. The van der Waals surface area contributed by atoms with E-state index in [1.165, 1.54) is 6.07 Å². The summed E-state index contributed by atoms with van der Waals surface area (Å²) in [7, 11) is 0. The number of alkyl halides is 3. The smallest absolute Gasteiger partial charge is 0.416 e. The van der Waals surface area contributed by atoms with E-state index < -0.39 is 17.6 Å². The van der Waals surface area contributed by atoms with Crippen LogP contribution < -0.4 is 14.8 Å². The maximum atomic E-state index is 13.0. The van der Waals surface area contributed by atoms with Crippen molar-refractivity contribution in [3.05, 3.63) is 86.0 Å². The molecule has 4 rings (SSSR count).